The molecule has 3 heteroatoms. The monoisotopic (exact) mass is 185 g/mol. The van der Waals surface area contributed by atoms with Crippen molar-refractivity contribution >= 4 is 5.82 Å². The molecule has 0 atom stereocenters. The lowest BCUT2D eigenvalue weighted by Gasteiger charge is -2.02. The minimum Gasteiger partial charge on any atom is -0.373 e. The fraction of sp³-hybridized carbons (Fsp3) is 0.0909. The van der Waals surface area contributed by atoms with E-state index in [-0.39, 0.29) is 0 Å². The molecule has 0 saturated heterocycles. The van der Waals surface area contributed by atoms with Gasteiger partial charge in [-0.15, -0.1) is 0 Å². The number of hydrogen-bond acceptors (Lipinski definition) is 3. The van der Waals surface area contributed by atoms with Crippen molar-refractivity contribution in [2.75, 3.05) is 12.4 Å². The zero-order valence-electron chi connectivity index (χ0n) is 7.94. The lowest BCUT2D eigenvalue weighted by atomic mass is 10.2. The van der Waals surface area contributed by atoms with Crippen LogP contribution < -0.4 is 5.32 Å². The summed E-state index contributed by atoms with van der Waals surface area (Å²) in [6, 6.07) is 9.78. The summed E-state index contributed by atoms with van der Waals surface area (Å²) < 4.78 is 0. The molecule has 2 rings (SSSR count). The van der Waals surface area contributed by atoms with E-state index in [1.165, 1.54) is 0 Å². The average Bonchev–Trinajstić information content (AvgIpc) is 2.30. The maximum Gasteiger partial charge on any atom is 0.126 e. The summed E-state index contributed by atoms with van der Waals surface area (Å²) in [7, 11) is 1.85. The quantitative estimate of drug-likeness (QED) is 0.779. The van der Waals surface area contributed by atoms with Crippen LogP contribution in [-0.4, -0.2) is 17.0 Å². The Bertz CT molecular complexity index is 412. The van der Waals surface area contributed by atoms with E-state index >= 15 is 0 Å². The van der Waals surface area contributed by atoms with E-state index in [0.29, 0.717) is 0 Å². The van der Waals surface area contributed by atoms with Crippen LogP contribution >= 0.6 is 0 Å². The Labute approximate surface area is 82.8 Å². The number of nitrogens with zero attached hydrogens (tertiary/aromatic N) is 2. The highest BCUT2D eigenvalue weighted by atomic mass is 14.9. The largest absolute Gasteiger partial charge is 0.373 e. The molecule has 14 heavy (non-hydrogen) atoms. The molecule has 0 unspecified atom stereocenters. The molecule has 0 amide bonds. The molecule has 0 bridgehead atoms. The predicted octanol–water partition coefficient (Wildman–Crippen LogP) is 2.19. The van der Waals surface area contributed by atoms with Crippen molar-refractivity contribution in [3.63, 3.8) is 0 Å². The standard InChI is InChI=1S/C11H11N3/c1-12-11-8-9(5-7-14-11)10-4-2-3-6-13-10/h2-8H,1H3,(H,12,14). The fourth-order valence-electron chi connectivity index (χ4n) is 1.26. The van der Waals surface area contributed by atoms with Crippen LogP contribution in [0.15, 0.2) is 42.7 Å². The molecule has 0 aliphatic rings. The summed E-state index contributed by atoms with van der Waals surface area (Å²) in [5.74, 6) is 0.855. The average molecular weight is 185 g/mol. The second-order valence-corrected chi connectivity index (χ2v) is 2.89. The second kappa shape index (κ2) is 3.87. The normalized spacial score (nSPS) is 9.79. The number of nitrogens with one attached hydrogen (secondary N) is 1. The highest BCUT2D eigenvalue weighted by Crippen LogP contribution is 2.17. The van der Waals surface area contributed by atoms with Crippen LogP contribution in [0.1, 0.15) is 0 Å². The van der Waals surface area contributed by atoms with Crippen LogP contribution in [0.25, 0.3) is 11.3 Å². The summed E-state index contributed by atoms with van der Waals surface area (Å²) >= 11 is 0. The molecule has 0 spiro atoms. The molecular weight excluding hydrogens is 174 g/mol. The Hall–Kier alpha value is -1.90. The van der Waals surface area contributed by atoms with Crippen molar-refractivity contribution in [2.45, 2.75) is 0 Å². The van der Waals surface area contributed by atoms with E-state index < -0.39 is 0 Å². The van der Waals surface area contributed by atoms with Crippen molar-refractivity contribution in [1.29, 1.82) is 0 Å². The Balaban J connectivity index is 2.42. The van der Waals surface area contributed by atoms with Gasteiger partial charge in [-0.25, -0.2) is 4.98 Å². The third-order valence-corrected chi connectivity index (χ3v) is 1.98. The number of anilines is 1. The lowest BCUT2D eigenvalue weighted by molar-refractivity contribution is 1.27. The minimum absolute atomic E-state index is 0.855. The molecule has 3 nitrogen and oxygen atoms in total. The maximum atomic E-state index is 4.27. The van der Waals surface area contributed by atoms with Gasteiger partial charge in [0.2, 0.25) is 0 Å². The van der Waals surface area contributed by atoms with E-state index in [2.05, 4.69) is 15.3 Å². The van der Waals surface area contributed by atoms with Crippen LogP contribution in [0.4, 0.5) is 5.82 Å². The first-order valence-corrected chi connectivity index (χ1v) is 4.45. The molecule has 0 aliphatic carbocycles. The minimum atomic E-state index is 0.855. The molecule has 0 aromatic carbocycles. The Morgan fingerprint density at radius 3 is 2.71 bits per heavy atom. The Kier molecular flexibility index (Phi) is 2.40. The summed E-state index contributed by atoms with van der Waals surface area (Å²) in [6.45, 7) is 0. The summed E-state index contributed by atoms with van der Waals surface area (Å²) in [5.41, 5.74) is 2.04. The molecule has 2 aromatic heterocycles. The molecule has 2 heterocycles. The molecule has 0 radical (unpaired) electrons. The summed E-state index contributed by atoms with van der Waals surface area (Å²) in [4.78, 5) is 8.41. The topological polar surface area (TPSA) is 37.8 Å². The van der Waals surface area contributed by atoms with Crippen molar-refractivity contribution in [2.24, 2.45) is 0 Å². The molecule has 0 saturated carbocycles. The van der Waals surface area contributed by atoms with Gasteiger partial charge in [-0.3, -0.25) is 4.98 Å². The first-order valence-electron chi connectivity index (χ1n) is 4.45. The zero-order chi connectivity index (χ0) is 9.80. The van der Waals surface area contributed by atoms with Crippen LogP contribution in [0, 0.1) is 0 Å². The van der Waals surface area contributed by atoms with Crippen molar-refractivity contribution in [3.05, 3.63) is 42.7 Å². The second-order valence-electron chi connectivity index (χ2n) is 2.89. The SMILES string of the molecule is CNc1cc(-c2ccccn2)ccn1. The van der Waals surface area contributed by atoms with Gasteiger partial charge in [0.15, 0.2) is 0 Å². The van der Waals surface area contributed by atoms with Gasteiger partial charge in [-0.1, -0.05) is 6.07 Å². The summed E-state index contributed by atoms with van der Waals surface area (Å²) in [6.07, 6.45) is 3.56. The Morgan fingerprint density at radius 2 is 2.00 bits per heavy atom. The zero-order valence-corrected chi connectivity index (χ0v) is 7.94. The third kappa shape index (κ3) is 1.71. The van der Waals surface area contributed by atoms with Crippen molar-refractivity contribution in [3.8, 4) is 11.3 Å². The van der Waals surface area contributed by atoms with E-state index in [4.69, 9.17) is 0 Å². The smallest absolute Gasteiger partial charge is 0.126 e. The van der Waals surface area contributed by atoms with E-state index in [9.17, 15) is 0 Å². The van der Waals surface area contributed by atoms with Gasteiger partial charge in [0.05, 0.1) is 5.69 Å². The fourth-order valence-corrected chi connectivity index (χ4v) is 1.26. The molecule has 2 aromatic rings. The lowest BCUT2D eigenvalue weighted by Crippen LogP contribution is -1.92. The number of pyridine rings is 2. The predicted molar refractivity (Wildman–Crippen MR) is 57.0 cm³/mol. The highest BCUT2D eigenvalue weighted by molar-refractivity contribution is 5.62. The van der Waals surface area contributed by atoms with Crippen LogP contribution in [0.3, 0.4) is 0 Å². The van der Waals surface area contributed by atoms with Crippen LogP contribution in [0.5, 0.6) is 0 Å². The van der Waals surface area contributed by atoms with Crippen molar-refractivity contribution in [1.82, 2.24) is 9.97 Å². The van der Waals surface area contributed by atoms with Crippen molar-refractivity contribution < 1.29 is 0 Å². The Morgan fingerprint density at radius 1 is 1.07 bits per heavy atom. The van der Waals surface area contributed by atoms with Gasteiger partial charge in [0, 0.05) is 25.0 Å². The van der Waals surface area contributed by atoms with E-state index in [1.807, 2.05) is 37.4 Å². The number of hydrogen-bond donors (Lipinski definition) is 1. The molecular formula is C11H11N3. The molecule has 0 fully saturated rings. The van der Waals surface area contributed by atoms with Gasteiger partial charge in [0.1, 0.15) is 5.82 Å². The summed E-state index contributed by atoms with van der Waals surface area (Å²) in [5, 5.41) is 3.00. The first-order chi connectivity index (χ1) is 6.90. The van der Waals surface area contributed by atoms with E-state index in [0.717, 1.165) is 17.1 Å². The maximum absolute atomic E-state index is 4.27. The van der Waals surface area contributed by atoms with Gasteiger partial charge < -0.3 is 5.32 Å². The van der Waals surface area contributed by atoms with E-state index in [1.54, 1.807) is 12.4 Å². The number of aromatic nitrogens is 2. The van der Waals surface area contributed by atoms with Crippen LogP contribution in [-0.2, 0) is 0 Å². The number of rotatable bonds is 2. The highest BCUT2D eigenvalue weighted by Gasteiger charge is 1.98. The first kappa shape index (κ1) is 8.69. The molecule has 1 N–H and O–H groups in total. The third-order valence-electron chi connectivity index (χ3n) is 1.98. The van der Waals surface area contributed by atoms with Gasteiger partial charge >= 0.3 is 0 Å². The van der Waals surface area contributed by atoms with Crippen LogP contribution in [0.2, 0.25) is 0 Å². The van der Waals surface area contributed by atoms with Gasteiger partial charge in [-0.05, 0) is 24.3 Å². The van der Waals surface area contributed by atoms with Gasteiger partial charge in [-0.2, -0.15) is 0 Å². The van der Waals surface area contributed by atoms with Gasteiger partial charge in [0.25, 0.3) is 0 Å². The molecule has 0 aliphatic heterocycles. The molecule has 70 valence electrons.